The summed E-state index contributed by atoms with van der Waals surface area (Å²) in [6.45, 7) is 1.90. The summed E-state index contributed by atoms with van der Waals surface area (Å²) in [6, 6.07) is 10.2. The van der Waals surface area contributed by atoms with E-state index in [0.717, 1.165) is 5.56 Å². The number of hydrogen-bond acceptors (Lipinski definition) is 1. The first kappa shape index (κ1) is 8.54. The molecule has 0 heterocycles. The predicted molar refractivity (Wildman–Crippen MR) is 53.2 cm³/mol. The molecule has 0 saturated heterocycles. The van der Waals surface area contributed by atoms with E-state index in [1.165, 1.54) is 3.57 Å². The smallest absolute Gasteiger partial charge is 0.0700 e. The van der Waals surface area contributed by atoms with Crippen molar-refractivity contribution in [2.24, 2.45) is 0 Å². The highest BCUT2D eigenvalue weighted by Crippen LogP contribution is 2.15. The van der Waals surface area contributed by atoms with Crippen molar-refractivity contribution in [1.82, 2.24) is 0 Å². The van der Waals surface area contributed by atoms with Crippen LogP contribution >= 0.6 is 22.6 Å². The molecule has 0 aliphatic rings. The van der Waals surface area contributed by atoms with Crippen molar-refractivity contribution >= 4 is 22.6 Å². The second-order valence-electron chi connectivity index (χ2n) is 2.40. The highest BCUT2D eigenvalue weighted by Gasteiger charge is 2.01. The standard InChI is InChI=1S/C9H8IN/c1-7(6-11)8-2-4-9(10)5-3-8/h2-5,7H,1H3. The van der Waals surface area contributed by atoms with Crippen LogP contribution in [0.3, 0.4) is 0 Å². The van der Waals surface area contributed by atoms with Gasteiger partial charge in [0.05, 0.1) is 12.0 Å². The highest BCUT2D eigenvalue weighted by atomic mass is 127. The molecule has 0 aromatic heterocycles. The van der Waals surface area contributed by atoms with Gasteiger partial charge in [-0.25, -0.2) is 0 Å². The van der Waals surface area contributed by atoms with Crippen molar-refractivity contribution in [2.45, 2.75) is 12.8 Å². The molecule has 0 bridgehead atoms. The number of rotatable bonds is 1. The van der Waals surface area contributed by atoms with Gasteiger partial charge in [-0.3, -0.25) is 0 Å². The molecule has 0 radical (unpaired) electrons. The Balaban J connectivity index is 2.92. The average Bonchev–Trinajstić information content (AvgIpc) is 2.05. The van der Waals surface area contributed by atoms with Crippen molar-refractivity contribution in [3.8, 4) is 6.07 Å². The number of hydrogen-bond donors (Lipinski definition) is 0. The molecule has 1 atom stereocenters. The third-order valence-electron chi connectivity index (χ3n) is 1.56. The maximum atomic E-state index is 8.61. The van der Waals surface area contributed by atoms with E-state index in [9.17, 15) is 0 Å². The molecule has 0 N–H and O–H groups in total. The number of halogens is 1. The van der Waals surface area contributed by atoms with Gasteiger partial charge in [0, 0.05) is 3.57 Å². The fourth-order valence-corrected chi connectivity index (χ4v) is 1.19. The summed E-state index contributed by atoms with van der Waals surface area (Å²) in [6.07, 6.45) is 0. The molecule has 1 nitrogen and oxygen atoms in total. The van der Waals surface area contributed by atoms with Crippen molar-refractivity contribution in [3.63, 3.8) is 0 Å². The summed E-state index contributed by atoms with van der Waals surface area (Å²) in [7, 11) is 0. The van der Waals surface area contributed by atoms with Gasteiger partial charge in [0.15, 0.2) is 0 Å². The Kier molecular flexibility index (Phi) is 2.89. The van der Waals surface area contributed by atoms with Crippen molar-refractivity contribution in [3.05, 3.63) is 33.4 Å². The van der Waals surface area contributed by atoms with Crippen LogP contribution in [0.25, 0.3) is 0 Å². The van der Waals surface area contributed by atoms with Crippen molar-refractivity contribution < 1.29 is 0 Å². The van der Waals surface area contributed by atoms with Gasteiger partial charge < -0.3 is 0 Å². The first-order valence-corrected chi connectivity index (χ1v) is 4.47. The SMILES string of the molecule is CC(C#N)c1ccc(I)cc1. The molecule has 1 aromatic rings. The lowest BCUT2D eigenvalue weighted by atomic mass is 10.0. The Morgan fingerprint density at radius 3 is 2.36 bits per heavy atom. The van der Waals surface area contributed by atoms with Gasteiger partial charge in [0.25, 0.3) is 0 Å². The topological polar surface area (TPSA) is 23.8 Å². The number of nitrogens with zero attached hydrogens (tertiary/aromatic N) is 1. The first-order chi connectivity index (χ1) is 5.24. The molecule has 2 heteroatoms. The van der Waals surface area contributed by atoms with Gasteiger partial charge in [-0.2, -0.15) is 5.26 Å². The molecule has 0 saturated carbocycles. The minimum absolute atomic E-state index is 0.00648. The lowest BCUT2D eigenvalue weighted by Gasteiger charge is -2.00. The molecule has 0 aliphatic heterocycles. The zero-order valence-electron chi connectivity index (χ0n) is 6.21. The predicted octanol–water partition coefficient (Wildman–Crippen LogP) is 2.92. The molecule has 11 heavy (non-hydrogen) atoms. The van der Waals surface area contributed by atoms with E-state index >= 15 is 0 Å². The van der Waals surface area contributed by atoms with Crippen LogP contribution in [0.4, 0.5) is 0 Å². The van der Waals surface area contributed by atoms with Gasteiger partial charge in [-0.15, -0.1) is 0 Å². The molecule has 0 fully saturated rings. The van der Waals surface area contributed by atoms with E-state index in [1.54, 1.807) is 0 Å². The van der Waals surface area contributed by atoms with Crippen molar-refractivity contribution in [1.29, 1.82) is 5.26 Å². The van der Waals surface area contributed by atoms with Crippen molar-refractivity contribution in [2.75, 3.05) is 0 Å². The summed E-state index contributed by atoms with van der Waals surface area (Å²) < 4.78 is 1.21. The summed E-state index contributed by atoms with van der Waals surface area (Å²) in [5, 5.41) is 8.61. The molecule has 1 rings (SSSR count). The molecular weight excluding hydrogens is 249 g/mol. The van der Waals surface area contributed by atoms with E-state index < -0.39 is 0 Å². The normalized spacial score (nSPS) is 12.1. The van der Waals surface area contributed by atoms with Gasteiger partial charge in [-0.05, 0) is 47.2 Å². The third-order valence-corrected chi connectivity index (χ3v) is 2.28. The number of benzene rings is 1. The highest BCUT2D eigenvalue weighted by molar-refractivity contribution is 14.1. The molecule has 56 valence electrons. The van der Waals surface area contributed by atoms with Gasteiger partial charge in [0.1, 0.15) is 0 Å². The van der Waals surface area contributed by atoms with Gasteiger partial charge >= 0.3 is 0 Å². The molecular formula is C9H8IN. The van der Waals surface area contributed by atoms with Gasteiger partial charge in [0.2, 0.25) is 0 Å². The summed E-state index contributed by atoms with van der Waals surface area (Å²) in [5.74, 6) is 0.00648. The quantitative estimate of drug-likeness (QED) is 0.709. The molecule has 0 amide bonds. The maximum Gasteiger partial charge on any atom is 0.0700 e. The second kappa shape index (κ2) is 3.72. The molecule has 0 aliphatic carbocycles. The summed E-state index contributed by atoms with van der Waals surface area (Å²) >= 11 is 2.25. The third kappa shape index (κ3) is 2.19. The van der Waals surface area contributed by atoms with Crippen LogP contribution in [0.15, 0.2) is 24.3 Å². The second-order valence-corrected chi connectivity index (χ2v) is 3.65. The first-order valence-electron chi connectivity index (χ1n) is 3.39. The Morgan fingerprint density at radius 2 is 1.91 bits per heavy atom. The number of nitriles is 1. The van der Waals surface area contributed by atoms with Crippen LogP contribution in [0.5, 0.6) is 0 Å². The van der Waals surface area contributed by atoms with Crippen LogP contribution in [0.2, 0.25) is 0 Å². The minimum atomic E-state index is 0.00648. The zero-order valence-corrected chi connectivity index (χ0v) is 8.37. The van der Waals surface area contributed by atoms with E-state index in [4.69, 9.17) is 5.26 Å². The minimum Gasteiger partial charge on any atom is -0.198 e. The largest absolute Gasteiger partial charge is 0.198 e. The van der Waals surface area contributed by atoms with Crippen LogP contribution in [-0.2, 0) is 0 Å². The molecule has 1 aromatic carbocycles. The molecule has 1 unspecified atom stereocenters. The summed E-state index contributed by atoms with van der Waals surface area (Å²) in [4.78, 5) is 0. The lowest BCUT2D eigenvalue weighted by molar-refractivity contribution is 0.981. The summed E-state index contributed by atoms with van der Waals surface area (Å²) in [5.41, 5.74) is 1.09. The van der Waals surface area contributed by atoms with Crippen LogP contribution in [0, 0.1) is 14.9 Å². The Hall–Kier alpha value is -0.560. The average molecular weight is 257 g/mol. The maximum absolute atomic E-state index is 8.61. The van der Waals surface area contributed by atoms with E-state index in [1.807, 2.05) is 31.2 Å². The fraction of sp³-hybridized carbons (Fsp3) is 0.222. The van der Waals surface area contributed by atoms with Crippen LogP contribution in [0.1, 0.15) is 18.4 Å². The van der Waals surface area contributed by atoms with E-state index in [-0.39, 0.29) is 5.92 Å². The zero-order chi connectivity index (χ0) is 8.27. The Morgan fingerprint density at radius 1 is 1.36 bits per heavy atom. The van der Waals surface area contributed by atoms with Crippen LogP contribution in [-0.4, -0.2) is 0 Å². The molecule has 0 spiro atoms. The monoisotopic (exact) mass is 257 g/mol. The van der Waals surface area contributed by atoms with E-state index in [2.05, 4.69) is 28.7 Å². The van der Waals surface area contributed by atoms with E-state index in [0.29, 0.717) is 0 Å². The van der Waals surface area contributed by atoms with Gasteiger partial charge in [-0.1, -0.05) is 12.1 Å². The fourth-order valence-electron chi connectivity index (χ4n) is 0.826. The lowest BCUT2D eigenvalue weighted by Crippen LogP contribution is -1.87. The Labute approximate surface area is 80.2 Å². The Bertz CT molecular complexity index is 271. The van der Waals surface area contributed by atoms with Crippen LogP contribution < -0.4 is 0 Å².